The Hall–Kier alpha value is -3.87. The van der Waals surface area contributed by atoms with Crippen molar-refractivity contribution in [3.05, 3.63) is 94.9 Å². The summed E-state index contributed by atoms with van der Waals surface area (Å²) >= 11 is 0. The van der Waals surface area contributed by atoms with Gasteiger partial charge in [-0.25, -0.2) is 0 Å². The van der Waals surface area contributed by atoms with E-state index in [-0.39, 0.29) is 49.9 Å². The van der Waals surface area contributed by atoms with E-state index < -0.39 is 11.6 Å². The summed E-state index contributed by atoms with van der Waals surface area (Å²) in [5.74, 6) is 0.547. The van der Waals surface area contributed by atoms with Crippen LogP contribution in [-0.2, 0) is 31.3 Å². The fraction of sp³-hybridized carbons (Fsp3) is 0.400. The summed E-state index contributed by atoms with van der Waals surface area (Å²) in [5, 5.41) is 15.7. The Morgan fingerprint density at radius 3 is 1.96 bits per heavy atom. The SMILES string of the molecule is CCC(CC)C(=O)/C=C(\O)C(CC)CC.Cc1[c-]c(-c2cc3c4cc(CC(C)(C)C(F)(F)F)nc5cccc(c6cc(C)cc(n2)c63)c54)cc(C)c1.[Ir]. The van der Waals surface area contributed by atoms with Crippen molar-refractivity contribution in [1.29, 1.82) is 0 Å². The van der Waals surface area contributed by atoms with Crippen LogP contribution in [0.4, 0.5) is 13.2 Å². The normalized spacial score (nSPS) is 12.6. The van der Waals surface area contributed by atoms with Gasteiger partial charge in [0.2, 0.25) is 0 Å². The van der Waals surface area contributed by atoms with Crippen LogP contribution in [0.25, 0.3) is 54.6 Å². The van der Waals surface area contributed by atoms with Gasteiger partial charge in [0, 0.05) is 60.9 Å². The van der Waals surface area contributed by atoms with Gasteiger partial charge in [0.15, 0.2) is 5.78 Å². The Labute approximate surface area is 325 Å². The Kier molecular flexibility index (Phi) is 13.2. The summed E-state index contributed by atoms with van der Waals surface area (Å²) in [7, 11) is 0. The number of carbonyl (C=O) groups excluding carboxylic acids is 1. The standard InChI is InChI=1S/C32H26F3N2.C13H24O2.Ir/c1-17-9-18(2)11-20(10-17)27-15-25-24-14-21(16-31(4,5)32(33,34)35)36-26-8-6-7-22(29(24)26)23-12-19(3)13-28(37-27)30(23)25;1-5-10(6-2)12(14)9-13(15)11(7-3)8-4;/h6-10,12-15H,16H2,1-5H3;9-11,14H,5-8H2,1-4H3;/q-1;;/b;12-9-;. The number of halogens is 3. The van der Waals surface area contributed by atoms with Crippen LogP contribution in [0.15, 0.2) is 66.4 Å². The second-order valence-electron chi connectivity index (χ2n) is 14.9. The molecule has 2 aromatic heterocycles. The Balaban J connectivity index is 0.000000335. The number of fused-ring (bicyclic) bond motifs is 2. The van der Waals surface area contributed by atoms with E-state index in [9.17, 15) is 23.1 Å². The van der Waals surface area contributed by atoms with Crippen LogP contribution >= 0.6 is 0 Å². The van der Waals surface area contributed by atoms with Crippen molar-refractivity contribution in [2.45, 2.75) is 101 Å². The van der Waals surface area contributed by atoms with E-state index >= 15 is 0 Å². The van der Waals surface area contributed by atoms with Crippen LogP contribution in [0.3, 0.4) is 0 Å². The van der Waals surface area contributed by atoms with Crippen LogP contribution in [0.2, 0.25) is 0 Å². The van der Waals surface area contributed by atoms with Crippen molar-refractivity contribution in [2.75, 3.05) is 0 Å². The van der Waals surface area contributed by atoms with E-state index in [1.54, 1.807) is 0 Å². The molecule has 0 amide bonds. The van der Waals surface area contributed by atoms with Gasteiger partial charge in [0.05, 0.1) is 22.2 Å². The fourth-order valence-electron chi connectivity index (χ4n) is 7.31. The van der Waals surface area contributed by atoms with Gasteiger partial charge < -0.3 is 5.11 Å². The Morgan fingerprint density at radius 1 is 0.774 bits per heavy atom. The summed E-state index contributed by atoms with van der Waals surface area (Å²) in [6.45, 7) is 16.7. The van der Waals surface area contributed by atoms with Gasteiger partial charge in [-0.05, 0) is 83.6 Å². The zero-order valence-electron chi connectivity index (χ0n) is 32.2. The molecule has 6 rings (SSSR count). The first-order chi connectivity index (χ1) is 24.5. The number of carbonyl (C=O) groups is 1. The number of aromatic nitrogens is 2. The first kappa shape index (κ1) is 41.9. The average Bonchev–Trinajstić information content (AvgIpc) is 3.06. The van der Waals surface area contributed by atoms with E-state index in [4.69, 9.17) is 9.97 Å². The third-order valence-electron chi connectivity index (χ3n) is 10.4. The minimum Gasteiger partial charge on any atom is -0.512 e. The number of aryl methyl sites for hydroxylation is 3. The van der Waals surface area contributed by atoms with Crippen LogP contribution in [-0.4, -0.2) is 27.0 Å². The molecule has 53 heavy (non-hydrogen) atoms. The molecule has 283 valence electrons. The second-order valence-corrected chi connectivity index (χ2v) is 14.9. The number of ketones is 1. The summed E-state index contributed by atoms with van der Waals surface area (Å²) in [5.41, 5.74) is 5.07. The number of aliphatic hydroxyl groups is 1. The van der Waals surface area contributed by atoms with Crippen molar-refractivity contribution in [2.24, 2.45) is 17.3 Å². The third kappa shape index (κ3) is 8.76. The van der Waals surface area contributed by atoms with E-state index in [0.717, 1.165) is 91.5 Å². The van der Waals surface area contributed by atoms with Gasteiger partial charge in [0.25, 0.3) is 0 Å². The largest absolute Gasteiger partial charge is 0.512 e. The quantitative estimate of drug-likeness (QED) is 0.0489. The molecule has 2 heterocycles. The minimum atomic E-state index is -4.33. The smallest absolute Gasteiger partial charge is 0.394 e. The van der Waals surface area contributed by atoms with Gasteiger partial charge >= 0.3 is 6.18 Å². The molecule has 1 N–H and O–H groups in total. The zero-order chi connectivity index (χ0) is 38.1. The first-order valence-electron chi connectivity index (χ1n) is 18.4. The molecule has 0 saturated carbocycles. The van der Waals surface area contributed by atoms with Crippen LogP contribution in [0.5, 0.6) is 0 Å². The zero-order valence-corrected chi connectivity index (χ0v) is 34.6. The Morgan fingerprint density at radius 2 is 1.36 bits per heavy atom. The maximum atomic E-state index is 13.8. The molecule has 0 aliphatic carbocycles. The molecule has 8 heteroatoms. The molecule has 0 bridgehead atoms. The molecule has 1 radical (unpaired) electrons. The van der Waals surface area contributed by atoms with E-state index in [1.807, 2.05) is 52.8 Å². The van der Waals surface area contributed by atoms with Crippen LogP contribution < -0.4 is 0 Å². The molecular weight excluding hydrogens is 850 g/mol. The number of rotatable bonds is 10. The number of hydrogen-bond donors (Lipinski definition) is 1. The van der Waals surface area contributed by atoms with Crippen molar-refractivity contribution >= 4 is 49.1 Å². The van der Waals surface area contributed by atoms with Crippen molar-refractivity contribution < 1.29 is 43.2 Å². The van der Waals surface area contributed by atoms with Crippen LogP contribution in [0.1, 0.15) is 89.6 Å². The van der Waals surface area contributed by atoms with Gasteiger partial charge in [0.1, 0.15) is 0 Å². The van der Waals surface area contributed by atoms with E-state index in [1.165, 1.54) is 19.9 Å². The number of pyridine rings is 2. The van der Waals surface area contributed by atoms with E-state index in [2.05, 4.69) is 56.3 Å². The summed E-state index contributed by atoms with van der Waals surface area (Å²) in [6, 6.07) is 21.6. The van der Waals surface area contributed by atoms with Gasteiger partial charge in [-0.1, -0.05) is 79.7 Å². The summed E-state index contributed by atoms with van der Waals surface area (Å²) in [6.07, 6.45) is 0.378. The predicted molar refractivity (Wildman–Crippen MR) is 209 cm³/mol. The Bertz CT molecular complexity index is 2250. The number of hydrogen-bond acceptors (Lipinski definition) is 4. The van der Waals surface area contributed by atoms with E-state index in [0.29, 0.717) is 11.2 Å². The molecular formula is C45H50F3IrN2O2-. The van der Waals surface area contributed by atoms with Gasteiger partial charge in [-0.15, -0.1) is 34.9 Å². The number of nitrogens with zero attached hydrogens (tertiary/aromatic N) is 2. The fourth-order valence-corrected chi connectivity index (χ4v) is 7.31. The minimum absolute atomic E-state index is 0. The number of alkyl halides is 3. The maximum Gasteiger partial charge on any atom is 0.394 e. The number of aliphatic hydroxyl groups excluding tert-OH is 1. The third-order valence-corrected chi connectivity index (χ3v) is 10.4. The predicted octanol–water partition coefficient (Wildman–Crippen LogP) is 12.9. The van der Waals surface area contributed by atoms with Crippen molar-refractivity contribution in [1.82, 2.24) is 9.97 Å². The molecule has 0 spiro atoms. The molecule has 4 aromatic carbocycles. The molecule has 6 aromatic rings. The maximum absolute atomic E-state index is 13.8. The summed E-state index contributed by atoms with van der Waals surface area (Å²) < 4.78 is 41.3. The number of benzene rings is 4. The van der Waals surface area contributed by atoms with Gasteiger partial charge in [-0.2, -0.15) is 13.2 Å². The molecule has 0 aliphatic rings. The molecule has 0 saturated heterocycles. The van der Waals surface area contributed by atoms with Crippen molar-refractivity contribution in [3.8, 4) is 11.3 Å². The molecule has 0 atom stereocenters. The first-order valence-corrected chi connectivity index (χ1v) is 18.4. The topological polar surface area (TPSA) is 63.1 Å². The number of allylic oxidation sites excluding steroid dienone is 2. The monoisotopic (exact) mass is 900 g/mol. The average molecular weight is 900 g/mol. The van der Waals surface area contributed by atoms with Gasteiger partial charge in [-0.3, -0.25) is 14.8 Å². The second kappa shape index (κ2) is 16.6. The van der Waals surface area contributed by atoms with Crippen molar-refractivity contribution in [3.63, 3.8) is 0 Å². The molecule has 0 fully saturated rings. The summed E-state index contributed by atoms with van der Waals surface area (Å²) in [4.78, 5) is 21.5. The molecule has 0 aliphatic heterocycles. The van der Waals surface area contributed by atoms with Crippen LogP contribution in [0, 0.1) is 44.1 Å². The molecule has 4 nitrogen and oxygen atoms in total. The molecule has 0 unspecified atom stereocenters.